The molecular formula is C20H26S3. The Bertz CT molecular complexity index is 556. The van der Waals surface area contributed by atoms with E-state index in [9.17, 15) is 0 Å². The fourth-order valence-corrected chi connectivity index (χ4v) is 4.77. The van der Waals surface area contributed by atoms with Gasteiger partial charge in [-0.25, -0.2) is 0 Å². The second-order valence-corrected chi connectivity index (χ2v) is 12.4. The van der Waals surface area contributed by atoms with E-state index in [0.29, 0.717) is 0 Å². The van der Waals surface area contributed by atoms with Crippen LogP contribution in [0.1, 0.15) is 41.5 Å². The zero-order valence-electron chi connectivity index (χ0n) is 14.8. The van der Waals surface area contributed by atoms with Crippen LogP contribution in [-0.4, -0.2) is 9.49 Å². The van der Waals surface area contributed by atoms with Crippen molar-refractivity contribution in [3.8, 4) is 0 Å². The van der Waals surface area contributed by atoms with Crippen molar-refractivity contribution in [2.75, 3.05) is 0 Å². The molecule has 0 heterocycles. The van der Waals surface area contributed by atoms with E-state index >= 15 is 0 Å². The van der Waals surface area contributed by atoms with Crippen LogP contribution >= 0.6 is 35.3 Å². The van der Waals surface area contributed by atoms with Crippen LogP contribution in [0.5, 0.6) is 0 Å². The molecule has 2 aromatic carbocycles. The molecular weight excluding hydrogens is 336 g/mol. The summed E-state index contributed by atoms with van der Waals surface area (Å²) in [5, 5.41) is 0. The van der Waals surface area contributed by atoms with E-state index < -0.39 is 0 Å². The summed E-state index contributed by atoms with van der Waals surface area (Å²) in [5.74, 6) is 0. The third-order valence-electron chi connectivity index (χ3n) is 2.73. The summed E-state index contributed by atoms with van der Waals surface area (Å²) in [6.07, 6.45) is 0. The molecule has 0 fully saturated rings. The Kier molecular flexibility index (Phi) is 6.21. The normalized spacial score (nSPS) is 12.4. The molecule has 0 aromatic heterocycles. The van der Waals surface area contributed by atoms with Crippen LogP contribution in [-0.2, 0) is 0 Å². The monoisotopic (exact) mass is 362 g/mol. The first-order chi connectivity index (χ1) is 10.6. The van der Waals surface area contributed by atoms with Crippen molar-refractivity contribution in [1.82, 2.24) is 0 Å². The van der Waals surface area contributed by atoms with Crippen molar-refractivity contribution < 1.29 is 0 Å². The van der Waals surface area contributed by atoms with Crippen LogP contribution < -0.4 is 0 Å². The standard InChI is InChI=1S/C20H26S3/c1-19(2,3)22-17-11-7-15(8-12-17)21-16-9-13-18(14-10-16)23-20(4,5)6/h7-14H,1-6H3. The third kappa shape index (κ3) is 7.28. The van der Waals surface area contributed by atoms with Gasteiger partial charge in [0.2, 0.25) is 0 Å². The number of hydrogen-bond donors (Lipinski definition) is 0. The highest BCUT2D eigenvalue weighted by atomic mass is 32.2. The molecule has 0 saturated heterocycles. The highest BCUT2D eigenvalue weighted by Crippen LogP contribution is 2.36. The fourth-order valence-electron chi connectivity index (χ4n) is 1.99. The molecule has 124 valence electrons. The molecule has 2 aromatic rings. The molecule has 0 saturated carbocycles. The molecule has 0 nitrogen and oxygen atoms in total. The molecule has 0 radical (unpaired) electrons. The Labute approximate surface area is 154 Å². The minimum absolute atomic E-state index is 0.259. The van der Waals surface area contributed by atoms with Gasteiger partial charge in [0.1, 0.15) is 0 Å². The molecule has 3 heteroatoms. The number of thioether (sulfide) groups is 2. The van der Waals surface area contributed by atoms with Gasteiger partial charge in [0.15, 0.2) is 0 Å². The second-order valence-electron chi connectivity index (χ2n) is 7.47. The Morgan fingerprint density at radius 1 is 0.478 bits per heavy atom. The van der Waals surface area contributed by atoms with Crippen LogP contribution in [0, 0.1) is 0 Å². The summed E-state index contributed by atoms with van der Waals surface area (Å²) < 4.78 is 0.518. The summed E-state index contributed by atoms with van der Waals surface area (Å²) in [7, 11) is 0. The first-order valence-electron chi connectivity index (χ1n) is 7.87. The molecule has 0 unspecified atom stereocenters. The number of benzene rings is 2. The van der Waals surface area contributed by atoms with Gasteiger partial charge >= 0.3 is 0 Å². The van der Waals surface area contributed by atoms with E-state index in [1.807, 2.05) is 35.3 Å². The van der Waals surface area contributed by atoms with Crippen molar-refractivity contribution in [2.24, 2.45) is 0 Å². The Hall–Kier alpha value is -0.510. The van der Waals surface area contributed by atoms with Crippen LogP contribution in [0.4, 0.5) is 0 Å². The highest BCUT2D eigenvalue weighted by molar-refractivity contribution is 8.01. The maximum atomic E-state index is 2.25. The summed E-state index contributed by atoms with van der Waals surface area (Å²) >= 11 is 5.64. The van der Waals surface area contributed by atoms with E-state index in [1.54, 1.807) is 0 Å². The smallest absolute Gasteiger partial charge is 0.0123 e. The van der Waals surface area contributed by atoms with E-state index in [1.165, 1.54) is 19.6 Å². The quantitative estimate of drug-likeness (QED) is 0.513. The Morgan fingerprint density at radius 2 is 0.739 bits per heavy atom. The van der Waals surface area contributed by atoms with Gasteiger partial charge in [-0.3, -0.25) is 0 Å². The number of rotatable bonds is 4. The van der Waals surface area contributed by atoms with Crippen molar-refractivity contribution in [3.63, 3.8) is 0 Å². The van der Waals surface area contributed by atoms with Crippen molar-refractivity contribution in [1.29, 1.82) is 0 Å². The molecule has 0 aliphatic heterocycles. The van der Waals surface area contributed by atoms with Gasteiger partial charge < -0.3 is 0 Å². The first-order valence-corrected chi connectivity index (χ1v) is 10.3. The van der Waals surface area contributed by atoms with E-state index in [0.717, 1.165) is 0 Å². The lowest BCUT2D eigenvalue weighted by Gasteiger charge is -2.18. The largest absolute Gasteiger partial charge is 0.120 e. The topological polar surface area (TPSA) is 0 Å². The van der Waals surface area contributed by atoms with Crippen molar-refractivity contribution in [2.45, 2.75) is 70.6 Å². The van der Waals surface area contributed by atoms with Gasteiger partial charge in [0.25, 0.3) is 0 Å². The second kappa shape index (κ2) is 7.58. The number of hydrogen-bond acceptors (Lipinski definition) is 3. The molecule has 0 atom stereocenters. The van der Waals surface area contributed by atoms with Gasteiger partial charge in [0.05, 0.1) is 0 Å². The van der Waals surface area contributed by atoms with E-state index in [-0.39, 0.29) is 9.49 Å². The molecule has 0 bridgehead atoms. The predicted octanol–water partition coefficient (Wildman–Crippen LogP) is 7.62. The lowest BCUT2D eigenvalue weighted by Crippen LogP contribution is -2.06. The molecule has 0 aliphatic carbocycles. The zero-order valence-corrected chi connectivity index (χ0v) is 17.3. The van der Waals surface area contributed by atoms with E-state index in [2.05, 4.69) is 90.1 Å². The summed E-state index contributed by atoms with van der Waals surface area (Å²) in [6.45, 7) is 13.5. The zero-order chi connectivity index (χ0) is 17.1. The van der Waals surface area contributed by atoms with Crippen LogP contribution in [0.25, 0.3) is 0 Å². The average molecular weight is 363 g/mol. The molecule has 2 rings (SSSR count). The third-order valence-corrected chi connectivity index (χ3v) is 5.99. The molecule has 23 heavy (non-hydrogen) atoms. The Balaban J connectivity index is 1.99. The maximum Gasteiger partial charge on any atom is 0.0123 e. The van der Waals surface area contributed by atoms with Crippen LogP contribution in [0.3, 0.4) is 0 Å². The van der Waals surface area contributed by atoms with Gasteiger partial charge in [0, 0.05) is 29.1 Å². The van der Waals surface area contributed by atoms with Gasteiger partial charge in [-0.1, -0.05) is 53.3 Å². The Morgan fingerprint density at radius 3 is 1.00 bits per heavy atom. The lowest BCUT2D eigenvalue weighted by molar-refractivity contribution is 0.802. The van der Waals surface area contributed by atoms with Crippen LogP contribution in [0.15, 0.2) is 68.1 Å². The molecule has 0 amide bonds. The summed E-state index contributed by atoms with van der Waals surface area (Å²) in [6, 6.07) is 17.8. The van der Waals surface area contributed by atoms with Crippen molar-refractivity contribution >= 4 is 35.3 Å². The molecule has 0 aliphatic rings. The summed E-state index contributed by atoms with van der Waals surface area (Å²) in [4.78, 5) is 5.25. The molecule has 0 N–H and O–H groups in total. The minimum atomic E-state index is 0.259. The van der Waals surface area contributed by atoms with Gasteiger partial charge in [-0.2, -0.15) is 0 Å². The van der Waals surface area contributed by atoms with Gasteiger partial charge in [-0.05, 0) is 48.5 Å². The average Bonchev–Trinajstić information content (AvgIpc) is 2.40. The minimum Gasteiger partial charge on any atom is -0.120 e. The highest BCUT2D eigenvalue weighted by Gasteiger charge is 2.13. The van der Waals surface area contributed by atoms with E-state index in [4.69, 9.17) is 0 Å². The first kappa shape index (κ1) is 18.8. The summed E-state index contributed by atoms with van der Waals surface area (Å²) in [5.41, 5.74) is 0. The SMILES string of the molecule is CC(C)(C)Sc1ccc(Sc2ccc(SC(C)(C)C)cc2)cc1. The van der Waals surface area contributed by atoms with Gasteiger partial charge in [-0.15, -0.1) is 23.5 Å². The maximum absolute atomic E-state index is 2.25. The predicted molar refractivity (Wildman–Crippen MR) is 108 cm³/mol. The molecule has 0 spiro atoms. The fraction of sp³-hybridized carbons (Fsp3) is 0.400. The van der Waals surface area contributed by atoms with Crippen molar-refractivity contribution in [3.05, 3.63) is 48.5 Å². The van der Waals surface area contributed by atoms with Crippen LogP contribution in [0.2, 0.25) is 0 Å². The lowest BCUT2D eigenvalue weighted by atomic mass is 10.3.